The first kappa shape index (κ1) is 17.0. The van der Waals surface area contributed by atoms with E-state index in [1.165, 1.54) is 18.9 Å². The normalized spacial score (nSPS) is 10.6. The zero-order valence-corrected chi connectivity index (χ0v) is 14.7. The van der Waals surface area contributed by atoms with Crippen LogP contribution in [0.2, 0.25) is 0 Å². The Bertz CT molecular complexity index is 936. The lowest BCUT2D eigenvalue weighted by molar-refractivity contribution is -0.113. The van der Waals surface area contributed by atoms with Crippen molar-refractivity contribution in [2.45, 2.75) is 5.16 Å². The van der Waals surface area contributed by atoms with Crippen LogP contribution in [0, 0.1) is 0 Å². The van der Waals surface area contributed by atoms with Crippen molar-refractivity contribution in [2.24, 2.45) is 7.05 Å². The quantitative estimate of drug-likeness (QED) is 0.562. The van der Waals surface area contributed by atoms with Crippen molar-refractivity contribution in [3.63, 3.8) is 0 Å². The Morgan fingerprint density at radius 3 is 2.64 bits per heavy atom. The summed E-state index contributed by atoms with van der Waals surface area (Å²) in [6, 6.07) is 14.6. The van der Waals surface area contributed by atoms with Gasteiger partial charge in [0.1, 0.15) is 0 Å². The SMILES string of the molecule is COC(=O)c1ccccc1NC(=O)CSc1nc2ccccc2n1C. The Balaban J connectivity index is 1.69. The van der Waals surface area contributed by atoms with Crippen LogP contribution in [0.5, 0.6) is 0 Å². The zero-order valence-electron chi connectivity index (χ0n) is 13.9. The van der Waals surface area contributed by atoms with Gasteiger partial charge in [0.25, 0.3) is 0 Å². The van der Waals surface area contributed by atoms with Crippen molar-refractivity contribution in [1.82, 2.24) is 9.55 Å². The van der Waals surface area contributed by atoms with Crippen LogP contribution in [-0.4, -0.2) is 34.3 Å². The van der Waals surface area contributed by atoms with E-state index < -0.39 is 5.97 Å². The molecule has 6 nitrogen and oxygen atoms in total. The number of amides is 1. The van der Waals surface area contributed by atoms with E-state index in [1.54, 1.807) is 24.3 Å². The van der Waals surface area contributed by atoms with E-state index >= 15 is 0 Å². The van der Waals surface area contributed by atoms with Gasteiger partial charge in [-0.2, -0.15) is 0 Å². The predicted molar refractivity (Wildman–Crippen MR) is 97.8 cm³/mol. The number of ether oxygens (including phenoxy) is 1. The molecule has 0 aliphatic carbocycles. The zero-order chi connectivity index (χ0) is 17.8. The van der Waals surface area contributed by atoms with E-state index in [0.717, 1.165) is 16.2 Å². The molecule has 1 N–H and O–H groups in total. The average molecular weight is 355 g/mol. The van der Waals surface area contributed by atoms with E-state index in [2.05, 4.69) is 10.3 Å². The molecule has 1 amide bonds. The number of imidazole rings is 1. The van der Waals surface area contributed by atoms with E-state index in [-0.39, 0.29) is 11.7 Å². The van der Waals surface area contributed by atoms with Crippen LogP contribution in [0.15, 0.2) is 53.7 Å². The molecule has 1 aromatic heterocycles. The van der Waals surface area contributed by atoms with E-state index in [4.69, 9.17) is 4.74 Å². The van der Waals surface area contributed by atoms with Crippen LogP contribution in [0.4, 0.5) is 5.69 Å². The van der Waals surface area contributed by atoms with Gasteiger partial charge in [-0.3, -0.25) is 4.79 Å². The second-order valence-corrected chi connectivity index (χ2v) is 6.26. The Kier molecular flexibility index (Phi) is 5.04. The van der Waals surface area contributed by atoms with E-state index in [1.807, 2.05) is 35.9 Å². The fraction of sp³-hybridized carbons (Fsp3) is 0.167. The lowest BCUT2D eigenvalue weighted by Crippen LogP contribution is -2.17. The van der Waals surface area contributed by atoms with Gasteiger partial charge in [0.2, 0.25) is 5.91 Å². The third-order valence-electron chi connectivity index (χ3n) is 3.68. The average Bonchev–Trinajstić information content (AvgIpc) is 2.96. The molecule has 0 saturated carbocycles. The van der Waals surface area contributed by atoms with Crippen molar-refractivity contribution in [3.05, 3.63) is 54.1 Å². The van der Waals surface area contributed by atoms with Crippen LogP contribution < -0.4 is 5.32 Å². The Labute approximate surface area is 149 Å². The molecule has 0 aliphatic rings. The number of esters is 1. The smallest absolute Gasteiger partial charge is 0.339 e. The number of aryl methyl sites for hydroxylation is 1. The molecule has 0 bridgehead atoms. The first-order valence-electron chi connectivity index (χ1n) is 7.61. The highest BCUT2D eigenvalue weighted by atomic mass is 32.2. The Hall–Kier alpha value is -2.80. The summed E-state index contributed by atoms with van der Waals surface area (Å²) in [5.74, 6) is -0.514. The molecule has 3 aromatic rings. The Morgan fingerprint density at radius 2 is 1.88 bits per heavy atom. The summed E-state index contributed by atoms with van der Waals surface area (Å²) in [5.41, 5.74) is 2.67. The van der Waals surface area contributed by atoms with Gasteiger partial charge in [0.05, 0.1) is 35.1 Å². The summed E-state index contributed by atoms with van der Waals surface area (Å²) in [6.07, 6.45) is 0. The molecule has 0 fully saturated rings. The third kappa shape index (κ3) is 3.66. The number of nitrogens with zero attached hydrogens (tertiary/aromatic N) is 2. The largest absolute Gasteiger partial charge is 0.465 e. The van der Waals surface area contributed by atoms with Gasteiger partial charge < -0.3 is 14.6 Å². The van der Waals surface area contributed by atoms with Crippen molar-refractivity contribution in [3.8, 4) is 0 Å². The standard InChI is InChI=1S/C18H17N3O3S/c1-21-15-10-6-5-9-14(15)20-18(21)25-11-16(22)19-13-8-4-3-7-12(13)17(23)24-2/h3-10H,11H2,1-2H3,(H,19,22). The van der Waals surface area contributed by atoms with Crippen LogP contribution >= 0.6 is 11.8 Å². The van der Waals surface area contributed by atoms with Gasteiger partial charge in [0, 0.05) is 7.05 Å². The minimum absolute atomic E-state index is 0.187. The number of methoxy groups -OCH3 is 1. The van der Waals surface area contributed by atoms with Crippen LogP contribution in [-0.2, 0) is 16.6 Å². The first-order chi connectivity index (χ1) is 12.1. The number of carbonyl (C=O) groups excluding carboxylic acids is 2. The number of rotatable bonds is 5. The lowest BCUT2D eigenvalue weighted by Gasteiger charge is -2.09. The number of fused-ring (bicyclic) bond motifs is 1. The number of para-hydroxylation sites is 3. The molecule has 1 heterocycles. The number of aromatic nitrogens is 2. The first-order valence-corrected chi connectivity index (χ1v) is 8.60. The van der Waals surface area contributed by atoms with Gasteiger partial charge in [-0.05, 0) is 24.3 Å². The molecule has 0 aliphatic heterocycles. The summed E-state index contributed by atoms with van der Waals surface area (Å²) in [4.78, 5) is 28.5. The van der Waals surface area contributed by atoms with Crippen molar-refractivity contribution in [1.29, 1.82) is 0 Å². The minimum atomic E-state index is -0.487. The summed E-state index contributed by atoms with van der Waals surface area (Å²) in [5, 5.41) is 3.51. The molecule has 0 saturated heterocycles. The number of thioether (sulfide) groups is 1. The van der Waals surface area contributed by atoms with E-state index in [9.17, 15) is 9.59 Å². The molecule has 7 heteroatoms. The predicted octanol–water partition coefficient (Wildman–Crippen LogP) is 3.09. The number of benzene rings is 2. The second kappa shape index (κ2) is 7.40. The second-order valence-electron chi connectivity index (χ2n) is 5.32. The summed E-state index contributed by atoms with van der Waals surface area (Å²) in [6.45, 7) is 0. The van der Waals surface area contributed by atoms with Crippen molar-refractivity contribution >= 4 is 40.4 Å². The van der Waals surface area contributed by atoms with E-state index in [0.29, 0.717) is 11.3 Å². The molecular formula is C18H17N3O3S. The molecule has 0 atom stereocenters. The fourth-order valence-corrected chi connectivity index (χ4v) is 3.24. The maximum absolute atomic E-state index is 12.3. The van der Waals surface area contributed by atoms with Gasteiger partial charge in [-0.15, -0.1) is 0 Å². The minimum Gasteiger partial charge on any atom is -0.465 e. The number of hydrogen-bond acceptors (Lipinski definition) is 5. The van der Waals surface area contributed by atoms with Gasteiger partial charge >= 0.3 is 5.97 Å². The number of anilines is 1. The fourth-order valence-electron chi connectivity index (χ4n) is 2.45. The molecule has 0 unspecified atom stereocenters. The van der Waals surface area contributed by atoms with Crippen LogP contribution in [0.25, 0.3) is 11.0 Å². The molecule has 0 radical (unpaired) electrons. The molecule has 128 valence electrons. The highest BCUT2D eigenvalue weighted by molar-refractivity contribution is 7.99. The maximum atomic E-state index is 12.3. The Morgan fingerprint density at radius 1 is 1.16 bits per heavy atom. The summed E-state index contributed by atoms with van der Waals surface area (Å²) in [7, 11) is 3.23. The summed E-state index contributed by atoms with van der Waals surface area (Å²) < 4.78 is 6.68. The number of hydrogen-bond donors (Lipinski definition) is 1. The molecule has 3 rings (SSSR count). The highest BCUT2D eigenvalue weighted by Crippen LogP contribution is 2.23. The number of nitrogens with one attached hydrogen (secondary N) is 1. The maximum Gasteiger partial charge on any atom is 0.339 e. The van der Waals surface area contributed by atoms with Crippen molar-refractivity contribution < 1.29 is 14.3 Å². The molecule has 2 aromatic carbocycles. The van der Waals surface area contributed by atoms with Crippen molar-refractivity contribution in [2.75, 3.05) is 18.2 Å². The van der Waals surface area contributed by atoms with Gasteiger partial charge in [0.15, 0.2) is 5.16 Å². The molecule has 0 spiro atoms. The topological polar surface area (TPSA) is 73.2 Å². The summed E-state index contributed by atoms with van der Waals surface area (Å²) >= 11 is 1.34. The van der Waals surface area contributed by atoms with Crippen LogP contribution in [0.1, 0.15) is 10.4 Å². The molecular weight excluding hydrogens is 338 g/mol. The van der Waals surface area contributed by atoms with Crippen LogP contribution in [0.3, 0.4) is 0 Å². The van der Waals surface area contributed by atoms with Gasteiger partial charge in [-0.1, -0.05) is 36.0 Å². The highest BCUT2D eigenvalue weighted by Gasteiger charge is 2.14. The lowest BCUT2D eigenvalue weighted by atomic mass is 10.2. The number of carbonyl (C=O) groups is 2. The van der Waals surface area contributed by atoms with Gasteiger partial charge in [-0.25, -0.2) is 9.78 Å². The molecule has 25 heavy (non-hydrogen) atoms. The monoisotopic (exact) mass is 355 g/mol. The third-order valence-corrected chi connectivity index (χ3v) is 4.71.